The Balaban J connectivity index is 2.45. The second kappa shape index (κ2) is 3.28. The fourth-order valence-electron chi connectivity index (χ4n) is 1.70. The Bertz CT molecular complexity index is 355. The number of likely N-dealkylation sites (N-methyl/N-ethyl adjacent to an activating group) is 1. The molecule has 0 aromatic heterocycles. The van der Waals surface area contributed by atoms with Crippen molar-refractivity contribution in [2.24, 2.45) is 0 Å². The first-order valence-corrected chi connectivity index (χ1v) is 5.12. The fourth-order valence-corrected chi connectivity index (χ4v) is 2.08. The van der Waals surface area contributed by atoms with Crippen molar-refractivity contribution in [3.05, 3.63) is 39.9 Å². The molecule has 0 N–H and O–H groups in total. The summed E-state index contributed by atoms with van der Waals surface area (Å²) in [4.78, 5) is 2.22. The van der Waals surface area contributed by atoms with Crippen molar-refractivity contribution >= 4 is 22.0 Å². The molecular formula is C11H12BrN. The lowest BCUT2D eigenvalue weighted by Gasteiger charge is -2.19. The van der Waals surface area contributed by atoms with Crippen molar-refractivity contribution in [3.8, 4) is 0 Å². The lowest BCUT2D eigenvalue weighted by atomic mass is 10.1. The van der Waals surface area contributed by atoms with E-state index in [0.717, 1.165) is 4.47 Å². The molecular weight excluding hydrogens is 226 g/mol. The molecule has 1 unspecified atom stereocenters. The molecule has 1 aromatic carbocycles. The monoisotopic (exact) mass is 237 g/mol. The van der Waals surface area contributed by atoms with Crippen molar-refractivity contribution < 1.29 is 0 Å². The summed E-state index contributed by atoms with van der Waals surface area (Å²) in [5.74, 6) is 0. The van der Waals surface area contributed by atoms with Crippen LogP contribution in [0.4, 0.5) is 0 Å². The number of benzene rings is 1. The van der Waals surface area contributed by atoms with E-state index in [1.807, 2.05) is 0 Å². The number of rotatable bonds is 1. The molecule has 1 aliphatic rings. The minimum absolute atomic E-state index is 0.437. The smallest absolute Gasteiger partial charge is 0.0535 e. The zero-order valence-electron chi connectivity index (χ0n) is 7.79. The Morgan fingerprint density at radius 3 is 2.77 bits per heavy atom. The van der Waals surface area contributed by atoms with Gasteiger partial charge >= 0.3 is 0 Å². The highest BCUT2D eigenvalue weighted by atomic mass is 79.9. The van der Waals surface area contributed by atoms with Gasteiger partial charge in [-0.2, -0.15) is 0 Å². The van der Waals surface area contributed by atoms with Crippen molar-refractivity contribution in [2.45, 2.75) is 6.04 Å². The minimum atomic E-state index is 0.437. The normalized spacial score (nSPS) is 19.5. The van der Waals surface area contributed by atoms with Crippen LogP contribution in [0.2, 0.25) is 0 Å². The van der Waals surface area contributed by atoms with Crippen LogP contribution in [0, 0.1) is 0 Å². The third-order valence-corrected chi connectivity index (χ3v) is 2.88. The summed E-state index contributed by atoms with van der Waals surface area (Å²) in [6.45, 7) is 0. The molecule has 0 heterocycles. The number of nitrogens with zero attached hydrogens (tertiary/aromatic N) is 1. The Hall–Kier alpha value is -0.600. The van der Waals surface area contributed by atoms with Gasteiger partial charge in [-0.25, -0.2) is 0 Å². The van der Waals surface area contributed by atoms with Gasteiger partial charge in [-0.3, -0.25) is 4.90 Å². The molecule has 68 valence electrons. The molecule has 1 aliphatic carbocycles. The minimum Gasteiger partial charge on any atom is -0.299 e. The summed E-state index contributed by atoms with van der Waals surface area (Å²) in [5.41, 5.74) is 2.72. The highest BCUT2D eigenvalue weighted by Crippen LogP contribution is 2.33. The Morgan fingerprint density at radius 2 is 2.08 bits per heavy atom. The lowest BCUT2D eigenvalue weighted by molar-refractivity contribution is 0.355. The molecule has 1 nitrogen and oxygen atoms in total. The quantitative estimate of drug-likeness (QED) is 0.726. The molecule has 0 bridgehead atoms. The van der Waals surface area contributed by atoms with Crippen molar-refractivity contribution in [1.29, 1.82) is 0 Å². The first kappa shape index (κ1) is 8.97. The molecule has 0 radical (unpaired) electrons. The van der Waals surface area contributed by atoms with Gasteiger partial charge in [0.15, 0.2) is 0 Å². The van der Waals surface area contributed by atoms with Crippen LogP contribution in [0.3, 0.4) is 0 Å². The van der Waals surface area contributed by atoms with Crippen molar-refractivity contribution in [3.63, 3.8) is 0 Å². The molecule has 0 saturated heterocycles. The molecule has 13 heavy (non-hydrogen) atoms. The van der Waals surface area contributed by atoms with E-state index in [2.05, 4.69) is 65.3 Å². The van der Waals surface area contributed by atoms with Gasteiger partial charge in [0.1, 0.15) is 0 Å². The van der Waals surface area contributed by atoms with Gasteiger partial charge in [-0.05, 0) is 37.4 Å². The molecule has 0 saturated carbocycles. The Labute approximate surface area is 87.2 Å². The van der Waals surface area contributed by atoms with Gasteiger partial charge in [-0.15, -0.1) is 0 Å². The Kier molecular flexibility index (Phi) is 2.26. The topological polar surface area (TPSA) is 3.24 Å². The van der Waals surface area contributed by atoms with Crippen molar-refractivity contribution in [1.82, 2.24) is 4.90 Å². The van der Waals surface area contributed by atoms with Gasteiger partial charge < -0.3 is 0 Å². The van der Waals surface area contributed by atoms with Crippen LogP contribution in [0.25, 0.3) is 6.08 Å². The summed E-state index contributed by atoms with van der Waals surface area (Å²) in [5, 5.41) is 0. The maximum absolute atomic E-state index is 3.50. The summed E-state index contributed by atoms with van der Waals surface area (Å²) in [6.07, 6.45) is 4.42. The van der Waals surface area contributed by atoms with Crippen LogP contribution in [0.1, 0.15) is 17.2 Å². The van der Waals surface area contributed by atoms with E-state index in [1.54, 1.807) is 0 Å². The predicted molar refractivity (Wildman–Crippen MR) is 59.6 cm³/mol. The van der Waals surface area contributed by atoms with E-state index in [4.69, 9.17) is 0 Å². The number of fused-ring (bicyclic) bond motifs is 1. The first-order valence-electron chi connectivity index (χ1n) is 4.32. The van der Waals surface area contributed by atoms with Crippen LogP contribution in [-0.4, -0.2) is 19.0 Å². The maximum atomic E-state index is 3.50. The van der Waals surface area contributed by atoms with Gasteiger partial charge in [0.2, 0.25) is 0 Å². The average molecular weight is 238 g/mol. The standard InChI is InChI=1S/C11H12BrN/c1-13(2)11-6-4-8-3-5-9(12)7-10(8)11/h3-7,11H,1-2H3. The maximum Gasteiger partial charge on any atom is 0.0535 e. The van der Waals surface area contributed by atoms with Gasteiger partial charge in [-0.1, -0.05) is 34.1 Å². The third kappa shape index (κ3) is 1.56. The van der Waals surface area contributed by atoms with E-state index in [1.165, 1.54) is 11.1 Å². The number of halogens is 1. The second-order valence-corrected chi connectivity index (χ2v) is 4.46. The van der Waals surface area contributed by atoms with Crippen LogP contribution < -0.4 is 0 Å². The molecule has 0 spiro atoms. The molecule has 0 fully saturated rings. The third-order valence-electron chi connectivity index (χ3n) is 2.38. The highest BCUT2D eigenvalue weighted by Gasteiger charge is 2.18. The Morgan fingerprint density at radius 1 is 1.31 bits per heavy atom. The van der Waals surface area contributed by atoms with Gasteiger partial charge in [0.05, 0.1) is 6.04 Å². The fraction of sp³-hybridized carbons (Fsp3) is 0.273. The summed E-state index contributed by atoms with van der Waals surface area (Å²) in [7, 11) is 4.20. The summed E-state index contributed by atoms with van der Waals surface area (Å²) >= 11 is 3.50. The molecule has 1 aromatic rings. The van der Waals surface area contributed by atoms with Crippen LogP contribution in [-0.2, 0) is 0 Å². The molecule has 0 amide bonds. The zero-order chi connectivity index (χ0) is 9.42. The van der Waals surface area contributed by atoms with E-state index >= 15 is 0 Å². The molecule has 1 atom stereocenters. The summed E-state index contributed by atoms with van der Waals surface area (Å²) < 4.78 is 1.15. The second-order valence-electron chi connectivity index (χ2n) is 3.54. The lowest BCUT2D eigenvalue weighted by Crippen LogP contribution is -2.16. The van der Waals surface area contributed by atoms with Crippen LogP contribution in [0.15, 0.2) is 28.7 Å². The average Bonchev–Trinajstić information content (AvgIpc) is 2.46. The molecule has 2 rings (SSSR count). The SMILES string of the molecule is CN(C)C1C=Cc2ccc(Br)cc21. The number of hydrogen-bond donors (Lipinski definition) is 0. The zero-order valence-corrected chi connectivity index (χ0v) is 9.38. The summed E-state index contributed by atoms with van der Waals surface area (Å²) in [6, 6.07) is 6.87. The highest BCUT2D eigenvalue weighted by molar-refractivity contribution is 9.10. The van der Waals surface area contributed by atoms with Crippen LogP contribution in [0.5, 0.6) is 0 Å². The van der Waals surface area contributed by atoms with Crippen LogP contribution >= 0.6 is 15.9 Å². The molecule has 2 heteroatoms. The van der Waals surface area contributed by atoms with E-state index < -0.39 is 0 Å². The predicted octanol–water partition coefficient (Wildman–Crippen LogP) is 3.08. The van der Waals surface area contributed by atoms with E-state index in [-0.39, 0.29) is 0 Å². The van der Waals surface area contributed by atoms with E-state index in [9.17, 15) is 0 Å². The first-order chi connectivity index (χ1) is 6.18. The van der Waals surface area contributed by atoms with E-state index in [0.29, 0.717) is 6.04 Å². The number of hydrogen-bond acceptors (Lipinski definition) is 1. The van der Waals surface area contributed by atoms with Crippen molar-refractivity contribution in [2.75, 3.05) is 14.1 Å². The van der Waals surface area contributed by atoms with Gasteiger partial charge in [0.25, 0.3) is 0 Å². The van der Waals surface area contributed by atoms with Gasteiger partial charge in [0, 0.05) is 4.47 Å². The molecule has 0 aliphatic heterocycles. The largest absolute Gasteiger partial charge is 0.299 e.